The van der Waals surface area contributed by atoms with Crippen molar-refractivity contribution in [2.75, 3.05) is 52.3 Å². The molecular formula is C25H38N6O. The molecule has 2 saturated heterocycles. The molecule has 7 heteroatoms. The number of aryl methyl sites for hydroxylation is 1. The highest BCUT2D eigenvalue weighted by Gasteiger charge is 2.24. The molecule has 0 spiro atoms. The number of ether oxygens (including phenoxy) is 1. The van der Waals surface area contributed by atoms with Crippen molar-refractivity contribution in [3.8, 4) is 5.75 Å². The first-order valence-corrected chi connectivity index (χ1v) is 11.9. The molecule has 2 aliphatic heterocycles. The smallest absolute Gasteiger partial charge is 0.227 e. The summed E-state index contributed by atoms with van der Waals surface area (Å²) in [4.78, 5) is 22.2. The van der Waals surface area contributed by atoms with Gasteiger partial charge in [-0.1, -0.05) is 0 Å². The van der Waals surface area contributed by atoms with E-state index < -0.39 is 0 Å². The highest BCUT2D eigenvalue weighted by atomic mass is 16.5. The largest absolute Gasteiger partial charge is 0.496 e. The second-order valence-electron chi connectivity index (χ2n) is 9.68. The first-order chi connectivity index (χ1) is 15.4. The standard InChI is InChI=1S/C25H38N6O/c1-17(2)30-11-7-19(8-12-30)26-24-21-16-23(32-6)18(3)15-22(21)27-25(28-24)31-13-9-20(10-14-31)29(4)5/h15-17,20H,7-14H2,1-6H3. The van der Waals surface area contributed by atoms with Crippen LogP contribution in [-0.2, 0) is 0 Å². The van der Waals surface area contributed by atoms with E-state index in [1.54, 1.807) is 7.11 Å². The van der Waals surface area contributed by atoms with Crippen molar-refractivity contribution >= 4 is 28.4 Å². The van der Waals surface area contributed by atoms with Crippen LogP contribution in [0.3, 0.4) is 0 Å². The lowest BCUT2D eigenvalue weighted by molar-refractivity contribution is 0.222. The van der Waals surface area contributed by atoms with Crippen molar-refractivity contribution in [1.29, 1.82) is 0 Å². The summed E-state index contributed by atoms with van der Waals surface area (Å²) in [6.45, 7) is 10.7. The number of hydrogen-bond acceptors (Lipinski definition) is 7. The fourth-order valence-corrected chi connectivity index (χ4v) is 4.82. The lowest BCUT2D eigenvalue weighted by Gasteiger charge is -2.35. The zero-order chi connectivity index (χ0) is 22.8. The molecule has 4 rings (SSSR count). The fourth-order valence-electron chi connectivity index (χ4n) is 4.82. The molecule has 7 nitrogen and oxygen atoms in total. The third kappa shape index (κ3) is 4.89. The maximum Gasteiger partial charge on any atom is 0.227 e. The molecule has 0 amide bonds. The molecule has 0 atom stereocenters. The Morgan fingerprint density at radius 1 is 1.06 bits per heavy atom. The van der Waals surface area contributed by atoms with Gasteiger partial charge in [-0.05, 0) is 78.2 Å². The summed E-state index contributed by atoms with van der Waals surface area (Å²) in [6, 6.07) is 5.37. The predicted molar refractivity (Wildman–Crippen MR) is 133 cm³/mol. The monoisotopic (exact) mass is 438 g/mol. The van der Waals surface area contributed by atoms with Gasteiger partial charge in [0.15, 0.2) is 5.82 Å². The maximum atomic E-state index is 5.59. The van der Waals surface area contributed by atoms with Gasteiger partial charge in [0.2, 0.25) is 5.95 Å². The third-order valence-corrected chi connectivity index (χ3v) is 7.03. The van der Waals surface area contributed by atoms with Gasteiger partial charge >= 0.3 is 0 Å². The van der Waals surface area contributed by atoms with Gasteiger partial charge < -0.3 is 19.4 Å². The van der Waals surface area contributed by atoms with E-state index in [9.17, 15) is 0 Å². The van der Waals surface area contributed by atoms with E-state index in [4.69, 9.17) is 19.7 Å². The lowest BCUT2D eigenvalue weighted by Crippen LogP contribution is -2.42. The minimum Gasteiger partial charge on any atom is -0.496 e. The summed E-state index contributed by atoms with van der Waals surface area (Å²) >= 11 is 0. The topological polar surface area (TPSA) is 57.1 Å². The molecule has 0 unspecified atom stereocenters. The molecular weight excluding hydrogens is 400 g/mol. The lowest BCUT2D eigenvalue weighted by atomic mass is 10.0. The van der Waals surface area contributed by atoms with E-state index in [-0.39, 0.29) is 0 Å². The van der Waals surface area contributed by atoms with Gasteiger partial charge in [0.05, 0.1) is 12.6 Å². The van der Waals surface area contributed by atoms with Gasteiger partial charge in [0.25, 0.3) is 0 Å². The van der Waals surface area contributed by atoms with Crippen LogP contribution in [0.1, 0.15) is 45.1 Å². The van der Waals surface area contributed by atoms with Crippen LogP contribution >= 0.6 is 0 Å². The Labute approximate surface area is 192 Å². The average molecular weight is 439 g/mol. The number of piperidine rings is 2. The SMILES string of the molecule is COc1cc2c(N=C3CCN(C(C)C)CC3)nc(N3CCC(N(C)C)CC3)nc2cc1C. The van der Waals surface area contributed by atoms with Crippen molar-refractivity contribution in [2.45, 2.75) is 58.5 Å². The normalized spacial score (nSPS) is 18.8. The van der Waals surface area contributed by atoms with Gasteiger partial charge in [-0.2, -0.15) is 4.98 Å². The molecule has 32 heavy (non-hydrogen) atoms. The van der Waals surface area contributed by atoms with Crippen molar-refractivity contribution in [2.24, 2.45) is 4.99 Å². The second kappa shape index (κ2) is 9.71. The highest BCUT2D eigenvalue weighted by molar-refractivity contribution is 5.95. The van der Waals surface area contributed by atoms with E-state index in [2.05, 4.69) is 61.7 Å². The molecule has 0 radical (unpaired) electrons. The number of anilines is 1. The number of rotatable bonds is 5. The third-order valence-electron chi connectivity index (χ3n) is 7.03. The van der Waals surface area contributed by atoms with Gasteiger partial charge in [0.1, 0.15) is 5.75 Å². The molecule has 0 bridgehead atoms. The molecule has 174 valence electrons. The molecule has 3 heterocycles. The van der Waals surface area contributed by atoms with Gasteiger partial charge in [0, 0.05) is 49.4 Å². The van der Waals surface area contributed by atoms with Crippen molar-refractivity contribution in [3.05, 3.63) is 17.7 Å². The molecule has 0 saturated carbocycles. The number of aromatic nitrogens is 2. The molecule has 2 fully saturated rings. The van der Waals surface area contributed by atoms with Crippen molar-refractivity contribution in [3.63, 3.8) is 0 Å². The van der Waals surface area contributed by atoms with Crippen LogP contribution in [-0.4, -0.2) is 84.9 Å². The summed E-state index contributed by atoms with van der Waals surface area (Å²) in [7, 11) is 6.05. The summed E-state index contributed by atoms with van der Waals surface area (Å²) in [6.07, 6.45) is 4.25. The molecule has 0 aliphatic carbocycles. The molecule has 1 aromatic heterocycles. The minimum atomic E-state index is 0.584. The second-order valence-corrected chi connectivity index (χ2v) is 9.68. The van der Waals surface area contributed by atoms with Crippen LogP contribution in [0.15, 0.2) is 17.1 Å². The van der Waals surface area contributed by atoms with E-state index >= 15 is 0 Å². The van der Waals surface area contributed by atoms with Gasteiger partial charge in [-0.25, -0.2) is 9.98 Å². The van der Waals surface area contributed by atoms with E-state index in [1.165, 1.54) is 5.71 Å². The highest BCUT2D eigenvalue weighted by Crippen LogP contribution is 2.33. The number of likely N-dealkylation sites (tertiary alicyclic amines) is 1. The van der Waals surface area contributed by atoms with Crippen LogP contribution in [0.25, 0.3) is 10.9 Å². The van der Waals surface area contributed by atoms with Gasteiger partial charge in [-0.15, -0.1) is 0 Å². The fraction of sp³-hybridized carbons (Fsp3) is 0.640. The number of aliphatic imine (C=N–C) groups is 1. The first kappa shape index (κ1) is 22.9. The molecule has 0 N–H and O–H groups in total. The minimum absolute atomic E-state index is 0.584. The summed E-state index contributed by atoms with van der Waals surface area (Å²) < 4.78 is 5.59. The maximum absolute atomic E-state index is 5.59. The van der Waals surface area contributed by atoms with Crippen LogP contribution in [0, 0.1) is 6.92 Å². The van der Waals surface area contributed by atoms with E-state index in [0.29, 0.717) is 12.1 Å². The number of hydrogen-bond donors (Lipinski definition) is 0. The van der Waals surface area contributed by atoms with E-state index in [0.717, 1.165) is 85.8 Å². The summed E-state index contributed by atoms with van der Waals surface area (Å²) in [5.41, 5.74) is 3.26. The predicted octanol–water partition coefficient (Wildman–Crippen LogP) is 4.05. The summed E-state index contributed by atoms with van der Waals surface area (Å²) in [5, 5.41) is 0.971. The Bertz CT molecular complexity index is 968. The van der Waals surface area contributed by atoms with Crippen LogP contribution in [0.5, 0.6) is 5.75 Å². The quantitative estimate of drug-likeness (QED) is 0.702. The molecule has 1 aromatic carbocycles. The van der Waals surface area contributed by atoms with Crippen molar-refractivity contribution in [1.82, 2.24) is 19.8 Å². The Hall–Kier alpha value is -2.25. The average Bonchev–Trinajstić information content (AvgIpc) is 2.79. The number of methoxy groups -OCH3 is 1. The molecule has 2 aliphatic rings. The zero-order valence-corrected chi connectivity index (χ0v) is 20.6. The first-order valence-electron chi connectivity index (χ1n) is 11.9. The van der Waals surface area contributed by atoms with Crippen LogP contribution in [0.4, 0.5) is 11.8 Å². The zero-order valence-electron chi connectivity index (χ0n) is 20.6. The number of fused-ring (bicyclic) bond motifs is 1. The van der Waals surface area contributed by atoms with E-state index in [1.807, 2.05) is 0 Å². The summed E-state index contributed by atoms with van der Waals surface area (Å²) in [5.74, 6) is 2.45. The molecule has 2 aromatic rings. The Morgan fingerprint density at radius 3 is 2.34 bits per heavy atom. The Kier molecular flexibility index (Phi) is 6.96. The van der Waals surface area contributed by atoms with Gasteiger partial charge in [-0.3, -0.25) is 0 Å². The van der Waals surface area contributed by atoms with Crippen LogP contribution < -0.4 is 9.64 Å². The number of nitrogens with zero attached hydrogens (tertiary/aromatic N) is 6. The van der Waals surface area contributed by atoms with Crippen molar-refractivity contribution < 1.29 is 4.74 Å². The van der Waals surface area contributed by atoms with Crippen LogP contribution in [0.2, 0.25) is 0 Å². The Morgan fingerprint density at radius 2 is 1.75 bits per heavy atom. The number of benzene rings is 1. The Balaban J connectivity index is 1.69.